The summed E-state index contributed by atoms with van der Waals surface area (Å²) < 4.78 is 75.8. The van der Waals surface area contributed by atoms with Gasteiger partial charge < -0.3 is 20.3 Å². The van der Waals surface area contributed by atoms with Gasteiger partial charge in [-0.3, -0.25) is 14.4 Å². The van der Waals surface area contributed by atoms with Gasteiger partial charge >= 0.3 is 22.6 Å². The number of alkyl halides is 3. The summed E-state index contributed by atoms with van der Waals surface area (Å²) in [5.74, 6) is -2.58. The molecule has 0 aromatic carbocycles. The summed E-state index contributed by atoms with van der Waals surface area (Å²) in [6, 6.07) is -2.22. The zero-order valence-corrected chi connectivity index (χ0v) is 24.1. The first-order valence-corrected chi connectivity index (χ1v) is 15.2. The van der Waals surface area contributed by atoms with Crippen LogP contribution in [-0.2, 0) is 33.6 Å². The molecule has 41 heavy (non-hydrogen) atoms. The molecule has 0 bridgehead atoms. The van der Waals surface area contributed by atoms with Crippen LogP contribution < -0.4 is 15.4 Å². The van der Waals surface area contributed by atoms with Crippen LogP contribution in [0.1, 0.15) is 85.0 Å². The first-order chi connectivity index (χ1) is 18.9. The number of hydrogen-bond acceptors (Lipinski definition) is 8. The largest absolute Gasteiger partial charge is 0.434 e. The predicted octanol–water partition coefficient (Wildman–Crippen LogP) is 2.18. The number of rotatable bonds is 10. The van der Waals surface area contributed by atoms with Crippen molar-refractivity contribution in [3.8, 4) is 0 Å². The van der Waals surface area contributed by atoms with E-state index in [1.807, 2.05) is 4.72 Å². The van der Waals surface area contributed by atoms with Crippen LogP contribution in [0.15, 0.2) is 0 Å². The van der Waals surface area contributed by atoms with Crippen molar-refractivity contribution in [2.45, 2.75) is 120 Å². The zero-order valence-electron chi connectivity index (χ0n) is 23.3. The SMILES string of the molecule is CC1(OS(=O)(=O)NC(=O)C2(NC(=O)[C@@H]3CCCN3C(=O)[C@@H](NC(=O)OC(C)(C)C(F)(F)F)C3CCCC3)CC2)CC1. The van der Waals surface area contributed by atoms with Crippen LogP contribution in [0.2, 0.25) is 0 Å². The van der Waals surface area contributed by atoms with Gasteiger partial charge in [-0.2, -0.15) is 21.6 Å². The molecule has 3 aliphatic carbocycles. The van der Waals surface area contributed by atoms with Crippen molar-refractivity contribution < 1.29 is 49.7 Å². The molecule has 12 nitrogen and oxygen atoms in total. The number of carbonyl (C=O) groups is 4. The van der Waals surface area contributed by atoms with E-state index in [4.69, 9.17) is 4.18 Å². The average Bonchev–Trinajstić information content (AvgIpc) is 3.60. The summed E-state index contributed by atoms with van der Waals surface area (Å²) in [5.41, 5.74) is -5.11. The molecule has 4 aliphatic rings. The van der Waals surface area contributed by atoms with E-state index in [-0.39, 0.29) is 31.7 Å². The smallest absolute Gasteiger partial charge is 0.427 e. The summed E-state index contributed by atoms with van der Waals surface area (Å²) in [6.45, 7) is 3.16. The molecule has 1 aliphatic heterocycles. The van der Waals surface area contributed by atoms with Crippen LogP contribution in [0.5, 0.6) is 0 Å². The fraction of sp³-hybridized carbons (Fsp3) is 0.840. The summed E-state index contributed by atoms with van der Waals surface area (Å²) >= 11 is 0. The van der Waals surface area contributed by atoms with Gasteiger partial charge in [-0.05, 0) is 78.1 Å². The van der Waals surface area contributed by atoms with Gasteiger partial charge in [0.2, 0.25) is 17.4 Å². The molecule has 2 atom stereocenters. The Labute approximate surface area is 236 Å². The number of alkyl carbamates (subject to hydrolysis) is 1. The highest BCUT2D eigenvalue weighted by molar-refractivity contribution is 7.85. The van der Waals surface area contributed by atoms with Gasteiger partial charge in [-0.1, -0.05) is 12.8 Å². The monoisotopic (exact) mass is 610 g/mol. The van der Waals surface area contributed by atoms with Crippen LogP contribution in [0.25, 0.3) is 0 Å². The third-order valence-corrected chi connectivity index (χ3v) is 9.37. The predicted molar refractivity (Wildman–Crippen MR) is 136 cm³/mol. The third-order valence-electron chi connectivity index (χ3n) is 8.31. The molecule has 0 radical (unpaired) electrons. The number of nitrogens with zero attached hydrogens (tertiary/aromatic N) is 1. The molecule has 4 rings (SSSR count). The van der Waals surface area contributed by atoms with Gasteiger partial charge in [0, 0.05) is 6.54 Å². The van der Waals surface area contributed by atoms with E-state index in [9.17, 15) is 40.8 Å². The van der Waals surface area contributed by atoms with E-state index in [2.05, 4.69) is 15.4 Å². The van der Waals surface area contributed by atoms with E-state index in [0.717, 1.165) is 12.8 Å². The fourth-order valence-corrected chi connectivity index (χ4v) is 6.37. The Kier molecular flexibility index (Phi) is 8.32. The third kappa shape index (κ3) is 7.24. The fourth-order valence-electron chi connectivity index (χ4n) is 5.21. The van der Waals surface area contributed by atoms with Gasteiger partial charge in [-0.25, -0.2) is 13.7 Å². The lowest BCUT2D eigenvalue weighted by molar-refractivity contribution is -0.244. The number of ether oxygens (including phenoxy) is 1. The zero-order chi connectivity index (χ0) is 30.4. The Hall–Kier alpha value is -2.62. The minimum atomic E-state index is -4.83. The highest BCUT2D eigenvalue weighted by atomic mass is 32.2. The van der Waals surface area contributed by atoms with Crippen molar-refractivity contribution in [3.63, 3.8) is 0 Å². The molecule has 1 heterocycles. The first kappa shape index (κ1) is 31.3. The van der Waals surface area contributed by atoms with Gasteiger partial charge in [-0.15, -0.1) is 0 Å². The Morgan fingerprint density at radius 1 is 0.976 bits per heavy atom. The number of amides is 4. The maximum absolute atomic E-state index is 13.7. The quantitative estimate of drug-likeness (QED) is 0.339. The van der Waals surface area contributed by atoms with E-state index in [1.54, 1.807) is 6.92 Å². The first-order valence-electron chi connectivity index (χ1n) is 13.8. The van der Waals surface area contributed by atoms with Crippen LogP contribution in [0.3, 0.4) is 0 Å². The Balaban J connectivity index is 1.42. The highest BCUT2D eigenvalue weighted by Crippen LogP contribution is 2.41. The number of carbonyl (C=O) groups excluding carboxylic acids is 4. The molecule has 4 fully saturated rings. The van der Waals surface area contributed by atoms with Crippen molar-refractivity contribution in [2.24, 2.45) is 5.92 Å². The van der Waals surface area contributed by atoms with Crippen LogP contribution in [0.4, 0.5) is 18.0 Å². The summed E-state index contributed by atoms with van der Waals surface area (Å²) in [5, 5.41) is 4.91. The number of likely N-dealkylation sites (tertiary alicyclic amines) is 1. The average molecular weight is 611 g/mol. The summed E-state index contributed by atoms with van der Waals surface area (Å²) in [4.78, 5) is 53.5. The van der Waals surface area contributed by atoms with Crippen molar-refractivity contribution in [1.82, 2.24) is 20.3 Å². The van der Waals surface area contributed by atoms with Gasteiger partial charge in [0.1, 0.15) is 17.6 Å². The van der Waals surface area contributed by atoms with Crippen molar-refractivity contribution in [2.75, 3.05) is 6.54 Å². The normalized spacial score (nSPS) is 24.3. The minimum absolute atomic E-state index is 0.158. The van der Waals surface area contributed by atoms with Gasteiger partial charge in [0.15, 0.2) is 0 Å². The van der Waals surface area contributed by atoms with Crippen LogP contribution in [0, 0.1) is 5.92 Å². The van der Waals surface area contributed by atoms with E-state index in [1.165, 1.54) is 4.90 Å². The van der Waals surface area contributed by atoms with E-state index >= 15 is 0 Å². The van der Waals surface area contributed by atoms with Crippen LogP contribution in [-0.4, -0.2) is 78.7 Å². The Bertz CT molecular complexity index is 1180. The number of nitrogens with one attached hydrogen (secondary N) is 3. The molecule has 4 amide bonds. The molecular weight excluding hydrogens is 573 g/mol. The van der Waals surface area contributed by atoms with Gasteiger partial charge in [0.05, 0.1) is 5.60 Å². The second-order valence-corrected chi connectivity index (χ2v) is 13.5. The molecule has 3 saturated carbocycles. The maximum atomic E-state index is 13.7. The molecule has 16 heteroatoms. The molecular formula is C25H37F3N4O8S. The standard InChI is InChI=1S/C25H37F3N4O8S/c1-22(2,25(26,27)28)39-21(36)29-17(15-7-4-5-8-15)19(34)32-14-6-9-16(32)18(33)30-24(12-13-24)20(35)31-41(37,38)40-23(3)10-11-23/h15-17H,4-14H2,1-3H3,(H,29,36)(H,30,33)(H,31,35)/t16-,17-/m0/s1. The molecule has 232 valence electrons. The van der Waals surface area contributed by atoms with Gasteiger partial charge in [0.25, 0.3) is 5.91 Å². The maximum Gasteiger partial charge on any atom is 0.427 e. The second kappa shape index (κ2) is 10.9. The summed E-state index contributed by atoms with van der Waals surface area (Å²) in [6.07, 6.45) is -1.45. The van der Waals surface area contributed by atoms with E-state index in [0.29, 0.717) is 46.0 Å². The van der Waals surface area contributed by atoms with Crippen molar-refractivity contribution >= 4 is 34.1 Å². The molecule has 1 saturated heterocycles. The van der Waals surface area contributed by atoms with Crippen LogP contribution >= 0.6 is 0 Å². The molecule has 0 unspecified atom stereocenters. The van der Waals surface area contributed by atoms with Crippen molar-refractivity contribution in [1.29, 1.82) is 0 Å². The molecule has 0 aromatic rings. The highest BCUT2D eigenvalue weighted by Gasteiger charge is 2.55. The summed E-state index contributed by atoms with van der Waals surface area (Å²) in [7, 11) is -4.39. The Morgan fingerprint density at radius 3 is 2.12 bits per heavy atom. The number of hydrogen-bond donors (Lipinski definition) is 3. The number of halogens is 3. The molecule has 3 N–H and O–H groups in total. The molecule has 0 spiro atoms. The Morgan fingerprint density at radius 2 is 1.59 bits per heavy atom. The lowest BCUT2D eigenvalue weighted by Crippen LogP contribution is -2.59. The van der Waals surface area contributed by atoms with E-state index < -0.39 is 69.1 Å². The minimum Gasteiger partial charge on any atom is -0.434 e. The lowest BCUT2D eigenvalue weighted by Gasteiger charge is -2.33. The van der Waals surface area contributed by atoms with Crippen molar-refractivity contribution in [3.05, 3.63) is 0 Å². The topological polar surface area (TPSA) is 160 Å². The lowest BCUT2D eigenvalue weighted by atomic mass is 9.96. The second-order valence-electron chi connectivity index (χ2n) is 12.2. The molecule has 0 aromatic heterocycles.